The van der Waals surface area contributed by atoms with E-state index in [0.717, 1.165) is 11.1 Å². The summed E-state index contributed by atoms with van der Waals surface area (Å²) in [6, 6.07) is 8.74. The van der Waals surface area contributed by atoms with Crippen LogP contribution in [0.3, 0.4) is 0 Å². The Bertz CT molecular complexity index is 907. The van der Waals surface area contributed by atoms with E-state index in [1.54, 1.807) is 25.5 Å². The summed E-state index contributed by atoms with van der Waals surface area (Å²) < 4.78 is 12.7. The van der Waals surface area contributed by atoms with Crippen molar-refractivity contribution >= 4 is 41.0 Å². The second-order valence-electron chi connectivity index (χ2n) is 5.14. The van der Waals surface area contributed by atoms with Gasteiger partial charge in [-0.15, -0.1) is 10.2 Å². The van der Waals surface area contributed by atoms with Crippen molar-refractivity contribution in [2.45, 2.75) is 6.61 Å². The molecule has 0 N–H and O–H groups in total. The Kier molecular flexibility index (Phi) is 5.98. The molecule has 0 unspecified atom stereocenters. The second-order valence-corrected chi connectivity index (χ2v) is 6.40. The third-order valence-corrected chi connectivity index (χ3v) is 4.17. The molecule has 0 saturated heterocycles. The Balaban J connectivity index is 1.81. The summed E-state index contributed by atoms with van der Waals surface area (Å²) in [6.07, 6.45) is 4.66. The summed E-state index contributed by atoms with van der Waals surface area (Å²) >= 11 is 18.2. The van der Waals surface area contributed by atoms with E-state index in [-0.39, 0.29) is 6.61 Å². The minimum Gasteiger partial charge on any atom is -0.496 e. The van der Waals surface area contributed by atoms with Crippen LogP contribution in [0.15, 0.2) is 48.1 Å². The normalized spacial score (nSPS) is 11.1. The zero-order chi connectivity index (χ0) is 18.5. The third-order valence-electron chi connectivity index (χ3n) is 3.39. The first-order chi connectivity index (χ1) is 12.6. The molecule has 0 bridgehead atoms. The average Bonchev–Trinajstić information content (AvgIpc) is 3.12. The second kappa shape index (κ2) is 8.40. The van der Waals surface area contributed by atoms with Gasteiger partial charge in [0.25, 0.3) is 0 Å². The molecule has 0 spiro atoms. The summed E-state index contributed by atoms with van der Waals surface area (Å²) in [7, 11) is 1.59. The van der Waals surface area contributed by atoms with Gasteiger partial charge in [0, 0.05) is 10.6 Å². The zero-order valence-corrected chi connectivity index (χ0v) is 15.8. The highest BCUT2D eigenvalue weighted by Gasteiger charge is 2.11. The SMILES string of the molecule is COc1ccc(/C=N/n2cnnc2)cc1COc1c(Cl)cc(Cl)cc1Cl. The lowest BCUT2D eigenvalue weighted by molar-refractivity contribution is 0.297. The van der Waals surface area contributed by atoms with Crippen LogP contribution in [0.25, 0.3) is 0 Å². The van der Waals surface area contributed by atoms with Gasteiger partial charge in [0.1, 0.15) is 25.0 Å². The van der Waals surface area contributed by atoms with Crippen molar-refractivity contribution in [2.75, 3.05) is 7.11 Å². The van der Waals surface area contributed by atoms with E-state index in [1.165, 1.54) is 17.3 Å². The lowest BCUT2D eigenvalue weighted by Gasteiger charge is -2.13. The van der Waals surface area contributed by atoms with Crippen LogP contribution in [-0.2, 0) is 6.61 Å². The quantitative estimate of drug-likeness (QED) is 0.551. The minimum atomic E-state index is 0.207. The minimum absolute atomic E-state index is 0.207. The summed E-state index contributed by atoms with van der Waals surface area (Å²) in [5.41, 5.74) is 1.66. The standard InChI is InChI=1S/C17H13Cl3N4O2/c1-25-16-3-2-11(7-23-24-9-21-22-10-24)4-12(16)8-26-17-14(19)5-13(18)6-15(17)20/h2-7,9-10H,8H2,1H3/b23-7+. The maximum absolute atomic E-state index is 6.15. The highest BCUT2D eigenvalue weighted by atomic mass is 35.5. The van der Waals surface area contributed by atoms with Crippen molar-refractivity contribution < 1.29 is 9.47 Å². The van der Waals surface area contributed by atoms with Crippen molar-refractivity contribution in [3.63, 3.8) is 0 Å². The molecule has 3 aromatic rings. The fourth-order valence-electron chi connectivity index (χ4n) is 2.20. The van der Waals surface area contributed by atoms with Crippen molar-refractivity contribution in [1.82, 2.24) is 14.9 Å². The Morgan fingerprint density at radius 2 is 1.77 bits per heavy atom. The topological polar surface area (TPSA) is 61.5 Å². The van der Waals surface area contributed by atoms with Gasteiger partial charge in [-0.3, -0.25) is 0 Å². The highest BCUT2D eigenvalue weighted by Crippen LogP contribution is 2.36. The maximum Gasteiger partial charge on any atom is 0.157 e. The number of ether oxygens (including phenoxy) is 2. The smallest absolute Gasteiger partial charge is 0.157 e. The molecule has 0 fully saturated rings. The summed E-state index contributed by atoms with van der Waals surface area (Å²) in [6.45, 7) is 0.207. The number of rotatable bonds is 6. The van der Waals surface area contributed by atoms with Crippen LogP contribution in [-0.4, -0.2) is 28.2 Å². The largest absolute Gasteiger partial charge is 0.496 e. The Morgan fingerprint density at radius 3 is 2.42 bits per heavy atom. The molecule has 0 aliphatic rings. The molecule has 3 rings (SSSR count). The summed E-state index contributed by atoms with van der Waals surface area (Å²) in [5.74, 6) is 1.04. The van der Waals surface area contributed by atoms with Crippen molar-refractivity contribution in [3.05, 3.63) is 69.2 Å². The van der Waals surface area contributed by atoms with E-state index in [2.05, 4.69) is 15.3 Å². The van der Waals surface area contributed by atoms with Gasteiger partial charge >= 0.3 is 0 Å². The molecule has 9 heteroatoms. The van der Waals surface area contributed by atoms with Crippen LogP contribution in [0.1, 0.15) is 11.1 Å². The molecule has 134 valence electrons. The number of nitrogens with zero attached hydrogens (tertiary/aromatic N) is 4. The predicted octanol–water partition coefficient (Wildman–Crippen LogP) is 4.71. The van der Waals surface area contributed by atoms with E-state index in [9.17, 15) is 0 Å². The number of methoxy groups -OCH3 is 1. The van der Waals surface area contributed by atoms with Gasteiger partial charge in [0.15, 0.2) is 5.75 Å². The van der Waals surface area contributed by atoms with Crippen LogP contribution in [0, 0.1) is 0 Å². The Labute approximate surface area is 164 Å². The van der Waals surface area contributed by atoms with Gasteiger partial charge in [0.05, 0.1) is 23.4 Å². The molecule has 0 amide bonds. The fourth-order valence-corrected chi connectivity index (χ4v) is 3.12. The molecule has 2 aromatic carbocycles. The molecule has 26 heavy (non-hydrogen) atoms. The van der Waals surface area contributed by atoms with Crippen LogP contribution in [0.4, 0.5) is 0 Å². The molecule has 0 aliphatic heterocycles. The van der Waals surface area contributed by atoms with Crippen LogP contribution in [0.5, 0.6) is 11.5 Å². The monoisotopic (exact) mass is 410 g/mol. The molecule has 6 nitrogen and oxygen atoms in total. The van der Waals surface area contributed by atoms with Gasteiger partial charge in [-0.2, -0.15) is 5.10 Å². The lowest BCUT2D eigenvalue weighted by Crippen LogP contribution is -2.01. The van der Waals surface area contributed by atoms with E-state index in [0.29, 0.717) is 26.6 Å². The molecular weight excluding hydrogens is 399 g/mol. The molecule has 0 aliphatic carbocycles. The maximum atomic E-state index is 6.15. The van der Waals surface area contributed by atoms with Crippen molar-refractivity contribution in [3.8, 4) is 11.5 Å². The summed E-state index contributed by atoms with van der Waals surface area (Å²) in [4.78, 5) is 0. The molecule has 1 aromatic heterocycles. The number of hydrogen-bond donors (Lipinski definition) is 0. The van der Waals surface area contributed by atoms with Gasteiger partial charge < -0.3 is 9.47 Å². The fraction of sp³-hybridized carbons (Fsp3) is 0.118. The average molecular weight is 412 g/mol. The zero-order valence-electron chi connectivity index (χ0n) is 13.6. The Hall–Kier alpha value is -2.28. The first-order valence-electron chi connectivity index (χ1n) is 7.40. The van der Waals surface area contributed by atoms with Gasteiger partial charge in [-0.25, -0.2) is 4.68 Å². The van der Waals surface area contributed by atoms with E-state index in [1.807, 2.05) is 18.2 Å². The molecule has 0 saturated carbocycles. The van der Waals surface area contributed by atoms with Gasteiger partial charge in [-0.05, 0) is 35.9 Å². The highest BCUT2D eigenvalue weighted by molar-refractivity contribution is 6.40. The lowest BCUT2D eigenvalue weighted by atomic mass is 10.1. The number of halogens is 3. The van der Waals surface area contributed by atoms with Crippen molar-refractivity contribution in [1.29, 1.82) is 0 Å². The number of benzene rings is 2. The Morgan fingerprint density at radius 1 is 1.08 bits per heavy atom. The first-order valence-corrected chi connectivity index (χ1v) is 8.53. The van der Waals surface area contributed by atoms with E-state index in [4.69, 9.17) is 44.3 Å². The molecular formula is C17H13Cl3N4O2. The summed E-state index contributed by atoms with van der Waals surface area (Å²) in [5, 5.41) is 12.7. The van der Waals surface area contributed by atoms with E-state index >= 15 is 0 Å². The number of hydrogen-bond acceptors (Lipinski definition) is 5. The van der Waals surface area contributed by atoms with Crippen molar-refractivity contribution in [2.24, 2.45) is 5.10 Å². The molecule has 1 heterocycles. The predicted molar refractivity (Wildman–Crippen MR) is 102 cm³/mol. The first kappa shape index (κ1) is 18.5. The van der Waals surface area contributed by atoms with Gasteiger partial charge in [0.2, 0.25) is 0 Å². The van der Waals surface area contributed by atoms with Crippen LogP contribution in [0.2, 0.25) is 15.1 Å². The third kappa shape index (κ3) is 4.46. The molecule has 0 radical (unpaired) electrons. The van der Waals surface area contributed by atoms with E-state index < -0.39 is 0 Å². The van der Waals surface area contributed by atoms with Gasteiger partial charge in [-0.1, -0.05) is 34.8 Å². The number of aromatic nitrogens is 3. The van der Waals surface area contributed by atoms with Crippen LogP contribution >= 0.6 is 34.8 Å². The molecule has 0 atom stereocenters. The van der Waals surface area contributed by atoms with Crippen LogP contribution < -0.4 is 9.47 Å².